The van der Waals surface area contributed by atoms with Crippen LogP contribution in [-0.2, 0) is 16.1 Å². The van der Waals surface area contributed by atoms with Crippen LogP contribution < -0.4 is 19.1 Å². The fraction of sp³-hybridized carbons (Fsp3) is 0.423. The van der Waals surface area contributed by atoms with Crippen LogP contribution in [0.2, 0.25) is 0 Å². The Labute approximate surface area is 201 Å². The van der Waals surface area contributed by atoms with Crippen molar-refractivity contribution in [2.75, 3.05) is 58.6 Å². The summed E-state index contributed by atoms with van der Waals surface area (Å²) < 4.78 is 22.5. The second-order valence-corrected chi connectivity index (χ2v) is 7.98. The number of ether oxygens (including phenoxy) is 4. The molecule has 8 nitrogen and oxygen atoms in total. The van der Waals surface area contributed by atoms with Crippen molar-refractivity contribution >= 4 is 11.6 Å². The van der Waals surface area contributed by atoms with Gasteiger partial charge in [-0.2, -0.15) is 0 Å². The normalized spacial score (nSPS) is 14.6. The van der Waals surface area contributed by atoms with E-state index in [1.54, 1.807) is 25.2 Å². The van der Waals surface area contributed by atoms with Crippen molar-refractivity contribution in [2.45, 2.75) is 19.1 Å². The maximum atomic E-state index is 13.0. The smallest absolute Gasteiger partial charge is 0.224 e. The Bertz CT molecular complexity index is 936. The highest BCUT2D eigenvalue weighted by Crippen LogP contribution is 2.40. The van der Waals surface area contributed by atoms with Gasteiger partial charge in [-0.25, -0.2) is 0 Å². The number of fused-ring (bicyclic) bond motifs is 1. The number of amides is 1. The van der Waals surface area contributed by atoms with E-state index in [1.165, 1.54) is 0 Å². The van der Waals surface area contributed by atoms with E-state index in [-0.39, 0.29) is 12.5 Å². The Morgan fingerprint density at radius 1 is 1.12 bits per heavy atom. The first-order valence-electron chi connectivity index (χ1n) is 11.4. The SMILES string of the molecule is C=CCOc1c(OC)ccc2c1CN(CCOC)C(=O)CCN2CC(O)COc1ccccc1. The number of nitrogens with zero attached hydrogens (tertiary/aromatic N) is 2. The third-order valence-corrected chi connectivity index (χ3v) is 5.59. The third-order valence-electron chi connectivity index (χ3n) is 5.59. The van der Waals surface area contributed by atoms with E-state index in [1.807, 2.05) is 47.4 Å². The molecular formula is C26H34N2O6. The summed E-state index contributed by atoms with van der Waals surface area (Å²) in [6.07, 6.45) is 1.23. The number of β-amino-alcohol motifs (C(OH)–C–C–N with tert-alkyl or cyclic N) is 1. The number of anilines is 1. The molecule has 0 radical (unpaired) electrons. The molecule has 0 saturated carbocycles. The molecule has 0 saturated heterocycles. The third kappa shape index (κ3) is 6.65. The van der Waals surface area contributed by atoms with Crippen LogP contribution in [0.15, 0.2) is 55.1 Å². The van der Waals surface area contributed by atoms with Crippen molar-refractivity contribution < 1.29 is 28.8 Å². The van der Waals surface area contributed by atoms with Crippen molar-refractivity contribution in [1.82, 2.24) is 4.90 Å². The number of carbonyl (C=O) groups excluding carboxylic acids is 1. The van der Waals surface area contributed by atoms with Gasteiger partial charge in [-0.1, -0.05) is 30.9 Å². The summed E-state index contributed by atoms with van der Waals surface area (Å²) >= 11 is 0. The van der Waals surface area contributed by atoms with Crippen LogP contribution in [-0.4, -0.2) is 75.7 Å². The molecule has 0 bridgehead atoms. The molecule has 34 heavy (non-hydrogen) atoms. The highest BCUT2D eigenvalue weighted by molar-refractivity contribution is 5.79. The van der Waals surface area contributed by atoms with Gasteiger partial charge in [0.2, 0.25) is 5.91 Å². The standard InChI is InChI=1S/C26H34N2O6/c1-4-15-33-26-22-18-28(14-16-31-2)25(30)12-13-27(23(22)10-11-24(26)32-3)17-20(29)19-34-21-8-6-5-7-9-21/h4-11,20,29H,1,12-19H2,2-3H3. The van der Waals surface area contributed by atoms with E-state index < -0.39 is 6.10 Å². The zero-order valence-electron chi connectivity index (χ0n) is 19.9. The summed E-state index contributed by atoms with van der Waals surface area (Å²) in [4.78, 5) is 16.8. The first-order chi connectivity index (χ1) is 16.6. The largest absolute Gasteiger partial charge is 0.493 e. The van der Waals surface area contributed by atoms with Crippen molar-refractivity contribution in [1.29, 1.82) is 0 Å². The number of benzene rings is 2. The van der Waals surface area contributed by atoms with Gasteiger partial charge in [0, 0.05) is 44.4 Å². The number of para-hydroxylation sites is 1. The molecule has 1 atom stereocenters. The summed E-state index contributed by atoms with van der Waals surface area (Å²) in [5, 5.41) is 10.7. The summed E-state index contributed by atoms with van der Waals surface area (Å²) in [7, 11) is 3.20. The van der Waals surface area contributed by atoms with Gasteiger partial charge in [-0.3, -0.25) is 4.79 Å². The molecule has 0 aliphatic carbocycles. The highest BCUT2D eigenvalue weighted by Gasteiger charge is 2.28. The fourth-order valence-corrected chi connectivity index (χ4v) is 3.91. The van der Waals surface area contributed by atoms with Crippen LogP contribution in [0.4, 0.5) is 5.69 Å². The molecule has 2 aromatic rings. The van der Waals surface area contributed by atoms with E-state index in [9.17, 15) is 9.90 Å². The lowest BCUT2D eigenvalue weighted by Gasteiger charge is -2.35. The summed E-state index contributed by atoms with van der Waals surface area (Å²) in [6, 6.07) is 13.2. The molecule has 2 aromatic carbocycles. The van der Waals surface area contributed by atoms with E-state index in [2.05, 4.69) is 6.58 Å². The predicted octanol–water partition coefficient (Wildman–Crippen LogP) is 2.89. The lowest BCUT2D eigenvalue weighted by Crippen LogP contribution is -2.42. The number of hydrogen-bond donors (Lipinski definition) is 1. The number of hydrogen-bond acceptors (Lipinski definition) is 7. The Balaban J connectivity index is 1.89. The van der Waals surface area contributed by atoms with E-state index in [0.717, 1.165) is 11.3 Å². The van der Waals surface area contributed by atoms with Crippen molar-refractivity contribution in [3.8, 4) is 17.2 Å². The van der Waals surface area contributed by atoms with Crippen LogP contribution in [0.5, 0.6) is 17.2 Å². The minimum Gasteiger partial charge on any atom is -0.493 e. The number of methoxy groups -OCH3 is 2. The number of aliphatic hydroxyl groups excluding tert-OH is 1. The molecule has 3 rings (SSSR count). The molecular weight excluding hydrogens is 436 g/mol. The average Bonchev–Trinajstić information content (AvgIpc) is 2.86. The number of carbonyl (C=O) groups is 1. The number of aliphatic hydroxyl groups is 1. The van der Waals surface area contributed by atoms with Gasteiger partial charge in [0.05, 0.1) is 20.3 Å². The summed E-state index contributed by atoms with van der Waals surface area (Å²) in [5.74, 6) is 1.86. The molecule has 1 aliphatic rings. The molecule has 0 aromatic heterocycles. The Hall–Kier alpha value is -3.23. The Kier molecular flexibility index (Phi) is 9.61. The van der Waals surface area contributed by atoms with Gasteiger partial charge in [0.25, 0.3) is 0 Å². The van der Waals surface area contributed by atoms with E-state index >= 15 is 0 Å². The highest BCUT2D eigenvalue weighted by atomic mass is 16.5. The predicted molar refractivity (Wildman–Crippen MR) is 131 cm³/mol. The second kappa shape index (κ2) is 12.9. The van der Waals surface area contributed by atoms with Crippen molar-refractivity contribution in [3.05, 3.63) is 60.7 Å². The van der Waals surface area contributed by atoms with Crippen molar-refractivity contribution in [2.24, 2.45) is 0 Å². The zero-order chi connectivity index (χ0) is 24.3. The van der Waals surface area contributed by atoms with Crippen LogP contribution >= 0.6 is 0 Å². The van der Waals surface area contributed by atoms with Crippen LogP contribution in [0.25, 0.3) is 0 Å². The first kappa shape index (κ1) is 25.4. The Morgan fingerprint density at radius 2 is 1.91 bits per heavy atom. The van der Waals surface area contributed by atoms with Crippen LogP contribution in [0, 0.1) is 0 Å². The molecule has 1 N–H and O–H groups in total. The minimum absolute atomic E-state index is 0.0141. The van der Waals surface area contributed by atoms with Gasteiger partial charge >= 0.3 is 0 Å². The molecule has 8 heteroatoms. The van der Waals surface area contributed by atoms with Crippen LogP contribution in [0.1, 0.15) is 12.0 Å². The monoisotopic (exact) mass is 470 g/mol. The van der Waals surface area contributed by atoms with Gasteiger partial charge in [-0.05, 0) is 24.3 Å². The topological polar surface area (TPSA) is 80.7 Å². The molecule has 0 fully saturated rings. The van der Waals surface area contributed by atoms with Gasteiger partial charge < -0.3 is 33.9 Å². The van der Waals surface area contributed by atoms with E-state index in [4.69, 9.17) is 18.9 Å². The second-order valence-electron chi connectivity index (χ2n) is 7.98. The number of rotatable bonds is 12. The average molecular weight is 471 g/mol. The minimum atomic E-state index is -0.758. The van der Waals surface area contributed by atoms with Crippen molar-refractivity contribution in [3.63, 3.8) is 0 Å². The van der Waals surface area contributed by atoms with Crippen LogP contribution in [0.3, 0.4) is 0 Å². The van der Waals surface area contributed by atoms with Gasteiger partial charge in [0.15, 0.2) is 11.5 Å². The molecule has 0 spiro atoms. The van der Waals surface area contributed by atoms with Gasteiger partial charge in [0.1, 0.15) is 25.1 Å². The fourth-order valence-electron chi connectivity index (χ4n) is 3.91. The maximum Gasteiger partial charge on any atom is 0.224 e. The first-order valence-corrected chi connectivity index (χ1v) is 11.4. The molecule has 1 amide bonds. The lowest BCUT2D eigenvalue weighted by atomic mass is 10.1. The molecule has 1 heterocycles. The van der Waals surface area contributed by atoms with Gasteiger partial charge in [-0.15, -0.1) is 0 Å². The summed E-state index contributed by atoms with van der Waals surface area (Å²) in [5.41, 5.74) is 1.70. The quantitative estimate of drug-likeness (QED) is 0.478. The lowest BCUT2D eigenvalue weighted by molar-refractivity contribution is -0.132. The molecule has 184 valence electrons. The zero-order valence-corrected chi connectivity index (χ0v) is 19.9. The van der Waals surface area contributed by atoms with E-state index in [0.29, 0.717) is 63.1 Å². The summed E-state index contributed by atoms with van der Waals surface area (Å²) in [6.45, 7) is 6.18. The molecule has 1 aliphatic heterocycles. The maximum absolute atomic E-state index is 13.0. The Morgan fingerprint density at radius 3 is 2.62 bits per heavy atom. The molecule has 1 unspecified atom stereocenters.